The first-order valence-corrected chi connectivity index (χ1v) is 12.2. The molecule has 1 amide bonds. The summed E-state index contributed by atoms with van der Waals surface area (Å²) in [4.78, 5) is 22.7. The van der Waals surface area contributed by atoms with Gasteiger partial charge in [-0.25, -0.2) is 5.43 Å². The molecule has 182 valence electrons. The van der Waals surface area contributed by atoms with E-state index in [1.807, 2.05) is 0 Å². The van der Waals surface area contributed by atoms with Crippen molar-refractivity contribution in [1.29, 1.82) is 0 Å². The Bertz CT molecular complexity index is 1260. The molecule has 0 saturated carbocycles. The summed E-state index contributed by atoms with van der Waals surface area (Å²) in [6.07, 6.45) is 0.630. The lowest BCUT2D eigenvalue weighted by atomic mass is 9.93. The fourth-order valence-electron chi connectivity index (χ4n) is 3.50. The number of hydrazone groups is 1. The molecule has 1 heterocycles. The van der Waals surface area contributed by atoms with Gasteiger partial charge in [-0.1, -0.05) is 6.92 Å². The van der Waals surface area contributed by atoms with E-state index in [1.165, 1.54) is 12.1 Å². The van der Waals surface area contributed by atoms with Crippen LogP contribution in [-0.2, 0) is 25.5 Å². The summed E-state index contributed by atoms with van der Waals surface area (Å²) >= 11 is 0. The van der Waals surface area contributed by atoms with Crippen molar-refractivity contribution < 1.29 is 31.8 Å². The third kappa shape index (κ3) is 6.08. The van der Waals surface area contributed by atoms with Gasteiger partial charge in [0.05, 0.1) is 23.0 Å². The molecule has 1 N–H and O–H groups in total. The molecule has 12 heteroatoms. The summed E-state index contributed by atoms with van der Waals surface area (Å²) in [6.45, 7) is 4.91. The minimum atomic E-state index is -3.69. The van der Waals surface area contributed by atoms with Gasteiger partial charge >= 0.3 is 0 Å². The third-order valence-corrected chi connectivity index (χ3v) is 5.66. The van der Waals surface area contributed by atoms with E-state index in [9.17, 15) is 23.3 Å². The maximum absolute atomic E-state index is 12.0. The van der Waals surface area contributed by atoms with Gasteiger partial charge in [-0.2, -0.15) is 13.5 Å². The Kier molecular flexibility index (Phi) is 7.52. The average molecular weight is 492 g/mol. The van der Waals surface area contributed by atoms with E-state index in [2.05, 4.69) is 10.5 Å². The lowest BCUT2D eigenvalue weighted by molar-refractivity contribution is -0.385. The van der Waals surface area contributed by atoms with Gasteiger partial charge < -0.3 is 9.47 Å². The molecule has 0 aliphatic carbocycles. The fourth-order valence-corrected chi connectivity index (χ4v) is 4.17. The van der Waals surface area contributed by atoms with E-state index in [4.69, 9.17) is 13.7 Å². The number of rotatable bonds is 9. The molecule has 0 fully saturated rings. The van der Waals surface area contributed by atoms with Gasteiger partial charge in [-0.3, -0.25) is 19.1 Å². The summed E-state index contributed by atoms with van der Waals surface area (Å²) < 4.78 is 39.3. The largest absolute Gasteiger partial charge is 0.454 e. The van der Waals surface area contributed by atoms with Crippen molar-refractivity contribution in [1.82, 2.24) is 5.43 Å². The summed E-state index contributed by atoms with van der Waals surface area (Å²) in [5.74, 6) is 0.595. The maximum Gasteiger partial charge on any atom is 0.272 e. The monoisotopic (exact) mass is 491 g/mol. The standard InChI is InChI=1S/C22H25N3O8S/c1-5-21(26)23-24-22(15-6-7-18(25(27)28)13(2)8-15)17-11-20-19(31-12-32-20)10-16(17)9-14(3)33-34(4,29)30/h6-8,10-11,14H,5,9,12H2,1-4H3,(H,23,26)/b24-22-/t14-/m0/s1. The number of nitro benzene ring substituents is 1. The van der Waals surface area contributed by atoms with Crippen LogP contribution in [0.2, 0.25) is 0 Å². The molecular weight excluding hydrogens is 466 g/mol. The van der Waals surface area contributed by atoms with E-state index < -0.39 is 21.1 Å². The molecule has 11 nitrogen and oxygen atoms in total. The number of benzene rings is 2. The highest BCUT2D eigenvalue weighted by Gasteiger charge is 2.24. The normalized spacial score (nSPS) is 14.1. The highest BCUT2D eigenvalue weighted by molar-refractivity contribution is 7.86. The Morgan fingerprint density at radius 3 is 2.53 bits per heavy atom. The fraction of sp³-hybridized carbons (Fsp3) is 0.364. The number of nitrogens with one attached hydrogen (secondary N) is 1. The quantitative estimate of drug-likeness (QED) is 0.244. The zero-order valence-electron chi connectivity index (χ0n) is 19.2. The lowest BCUT2D eigenvalue weighted by Crippen LogP contribution is -2.22. The van der Waals surface area contributed by atoms with Crippen LogP contribution < -0.4 is 14.9 Å². The zero-order valence-corrected chi connectivity index (χ0v) is 20.0. The van der Waals surface area contributed by atoms with Crippen molar-refractivity contribution in [2.24, 2.45) is 5.10 Å². The Morgan fingerprint density at radius 2 is 1.94 bits per heavy atom. The molecule has 0 bridgehead atoms. The minimum absolute atomic E-state index is 0.0172. The highest BCUT2D eigenvalue weighted by Crippen LogP contribution is 2.37. The van der Waals surface area contributed by atoms with E-state index >= 15 is 0 Å². The molecule has 3 rings (SSSR count). The minimum Gasteiger partial charge on any atom is -0.454 e. The Morgan fingerprint density at radius 1 is 1.26 bits per heavy atom. The van der Waals surface area contributed by atoms with Crippen molar-refractivity contribution in [2.45, 2.75) is 39.7 Å². The van der Waals surface area contributed by atoms with Gasteiger partial charge in [0.1, 0.15) is 0 Å². The number of nitrogens with zero attached hydrogens (tertiary/aromatic N) is 2. The smallest absolute Gasteiger partial charge is 0.272 e. The van der Waals surface area contributed by atoms with Crippen LogP contribution in [0.15, 0.2) is 35.4 Å². The number of carbonyl (C=O) groups is 1. The Balaban J connectivity index is 2.15. The molecule has 2 aromatic rings. The van der Waals surface area contributed by atoms with E-state index in [-0.39, 0.29) is 31.2 Å². The van der Waals surface area contributed by atoms with Crippen LogP contribution in [0.5, 0.6) is 11.5 Å². The molecule has 1 aliphatic heterocycles. The Labute approximate surface area is 197 Å². The van der Waals surface area contributed by atoms with Crippen molar-refractivity contribution in [3.05, 3.63) is 62.7 Å². The molecule has 0 spiro atoms. The third-order valence-electron chi connectivity index (χ3n) is 4.98. The predicted octanol–water partition coefficient (Wildman–Crippen LogP) is 2.82. The van der Waals surface area contributed by atoms with Crippen LogP contribution in [0.1, 0.15) is 42.5 Å². The number of carbonyl (C=O) groups excluding carboxylic acids is 1. The van der Waals surface area contributed by atoms with Gasteiger partial charge in [0.2, 0.25) is 12.7 Å². The van der Waals surface area contributed by atoms with Gasteiger partial charge in [-0.15, -0.1) is 0 Å². The zero-order chi connectivity index (χ0) is 25.0. The van der Waals surface area contributed by atoms with Crippen LogP contribution in [0.4, 0.5) is 5.69 Å². The van der Waals surface area contributed by atoms with Crippen LogP contribution >= 0.6 is 0 Å². The molecule has 1 atom stereocenters. The van der Waals surface area contributed by atoms with Crippen molar-refractivity contribution in [3.8, 4) is 11.5 Å². The molecule has 0 aromatic heterocycles. The molecule has 34 heavy (non-hydrogen) atoms. The van der Waals surface area contributed by atoms with Crippen molar-refractivity contribution in [3.63, 3.8) is 0 Å². The summed E-state index contributed by atoms with van der Waals surface area (Å²) in [7, 11) is -3.69. The average Bonchev–Trinajstić information content (AvgIpc) is 3.19. The van der Waals surface area contributed by atoms with E-state index in [0.29, 0.717) is 39.5 Å². The van der Waals surface area contributed by atoms with E-state index in [0.717, 1.165) is 6.26 Å². The van der Waals surface area contributed by atoms with Crippen LogP contribution in [0, 0.1) is 17.0 Å². The molecular formula is C22H25N3O8S. The Hall–Kier alpha value is -3.51. The highest BCUT2D eigenvalue weighted by atomic mass is 32.2. The first-order chi connectivity index (χ1) is 16.0. The van der Waals surface area contributed by atoms with E-state index in [1.54, 1.807) is 39.0 Å². The topological polar surface area (TPSA) is 146 Å². The number of aryl methyl sites for hydroxylation is 1. The molecule has 0 saturated heterocycles. The molecule has 0 unspecified atom stereocenters. The number of fused-ring (bicyclic) bond motifs is 1. The van der Waals surface area contributed by atoms with Gasteiger partial charge in [0, 0.05) is 35.6 Å². The number of hydrogen-bond donors (Lipinski definition) is 1. The summed E-state index contributed by atoms with van der Waals surface area (Å²) in [6, 6.07) is 7.88. The van der Waals surface area contributed by atoms with Crippen LogP contribution in [0.3, 0.4) is 0 Å². The SMILES string of the molecule is CCC(=O)N/N=C(/c1ccc([N+](=O)[O-])c(C)c1)c1cc2c(cc1C[C@H](C)OS(C)(=O)=O)OCO2. The van der Waals surface area contributed by atoms with Gasteiger partial charge in [-0.05, 0) is 43.7 Å². The van der Waals surface area contributed by atoms with Gasteiger partial charge in [0.25, 0.3) is 15.8 Å². The lowest BCUT2D eigenvalue weighted by Gasteiger charge is -2.17. The van der Waals surface area contributed by atoms with Crippen LogP contribution in [-0.4, -0.2) is 44.1 Å². The van der Waals surface area contributed by atoms with Gasteiger partial charge in [0.15, 0.2) is 11.5 Å². The predicted molar refractivity (Wildman–Crippen MR) is 124 cm³/mol. The number of hydrogen-bond acceptors (Lipinski definition) is 9. The first kappa shape index (κ1) is 25.1. The molecule has 2 aromatic carbocycles. The second-order valence-electron chi connectivity index (χ2n) is 7.79. The first-order valence-electron chi connectivity index (χ1n) is 10.4. The second-order valence-corrected chi connectivity index (χ2v) is 9.39. The van der Waals surface area contributed by atoms with Crippen molar-refractivity contribution >= 4 is 27.4 Å². The number of ether oxygens (including phenoxy) is 2. The summed E-state index contributed by atoms with van der Waals surface area (Å²) in [5.41, 5.74) is 4.83. The molecule has 1 aliphatic rings. The summed E-state index contributed by atoms with van der Waals surface area (Å²) in [5, 5.41) is 15.6. The molecule has 0 radical (unpaired) electrons. The van der Waals surface area contributed by atoms with Crippen molar-refractivity contribution in [2.75, 3.05) is 13.0 Å². The number of nitro groups is 1. The maximum atomic E-state index is 12.0. The van der Waals surface area contributed by atoms with Crippen LogP contribution in [0.25, 0.3) is 0 Å². The number of amides is 1. The second kappa shape index (κ2) is 10.2.